The molecule has 1 atom stereocenters. The molecule has 0 amide bonds. The molecule has 0 fully saturated rings. The first-order valence-corrected chi connectivity index (χ1v) is 9.12. The van der Waals surface area contributed by atoms with Crippen LogP contribution in [0.5, 0.6) is 0 Å². The number of H-pyrrole nitrogens is 1. The van der Waals surface area contributed by atoms with E-state index in [-0.39, 0.29) is 22.3 Å². The van der Waals surface area contributed by atoms with Crippen molar-refractivity contribution in [2.45, 2.75) is 52.9 Å². The van der Waals surface area contributed by atoms with Gasteiger partial charge in [-0.15, -0.1) is 0 Å². The monoisotopic (exact) mass is 414 g/mol. The summed E-state index contributed by atoms with van der Waals surface area (Å²) < 4.78 is 53.7. The molecule has 0 saturated carbocycles. The lowest BCUT2D eigenvalue weighted by atomic mass is 10.0. The molecule has 1 aromatic carbocycles. The average Bonchev–Trinajstić information content (AvgIpc) is 3.02. The number of fused-ring (bicyclic) bond motifs is 1. The Morgan fingerprint density at radius 2 is 1.93 bits per heavy atom. The van der Waals surface area contributed by atoms with Crippen molar-refractivity contribution in [2.24, 2.45) is 0 Å². The lowest BCUT2D eigenvalue weighted by Gasteiger charge is -2.18. The van der Waals surface area contributed by atoms with Gasteiger partial charge in [0.15, 0.2) is 5.65 Å². The predicted molar refractivity (Wildman–Crippen MR) is 100.0 cm³/mol. The highest BCUT2D eigenvalue weighted by Gasteiger charge is 2.34. The highest BCUT2D eigenvalue weighted by atomic mass is 19.4. The number of hydrogen-bond acceptors (Lipinski definition) is 4. The van der Waals surface area contributed by atoms with Gasteiger partial charge in [-0.3, -0.25) is 4.79 Å². The summed E-state index contributed by atoms with van der Waals surface area (Å²) in [5, 5.41) is 13.8. The Morgan fingerprint density at radius 3 is 2.45 bits per heavy atom. The molecule has 0 aliphatic carbocycles. The van der Waals surface area contributed by atoms with E-state index in [0.29, 0.717) is 18.3 Å². The van der Waals surface area contributed by atoms with Crippen LogP contribution < -0.4 is 5.56 Å². The second-order valence-corrected chi connectivity index (χ2v) is 6.06. The van der Waals surface area contributed by atoms with Crippen molar-refractivity contribution in [2.75, 3.05) is 0 Å². The van der Waals surface area contributed by atoms with E-state index in [0.717, 1.165) is 6.07 Å². The van der Waals surface area contributed by atoms with Gasteiger partial charge in [-0.05, 0) is 31.0 Å². The van der Waals surface area contributed by atoms with Crippen molar-refractivity contribution < 1.29 is 22.7 Å². The lowest BCUT2D eigenvalue weighted by molar-refractivity contribution is -0.140. The van der Waals surface area contributed by atoms with Crippen LogP contribution in [0, 0.1) is 12.7 Å². The van der Waals surface area contributed by atoms with Gasteiger partial charge in [0.2, 0.25) is 0 Å². The van der Waals surface area contributed by atoms with E-state index < -0.39 is 35.8 Å². The zero-order valence-corrected chi connectivity index (χ0v) is 16.4. The van der Waals surface area contributed by atoms with Crippen molar-refractivity contribution in [1.82, 2.24) is 19.7 Å². The fourth-order valence-electron chi connectivity index (χ4n) is 3.07. The first-order chi connectivity index (χ1) is 13.7. The highest BCUT2D eigenvalue weighted by molar-refractivity contribution is 5.77. The first-order valence-electron chi connectivity index (χ1n) is 9.12. The maximum Gasteiger partial charge on any atom is 0.419 e. The van der Waals surface area contributed by atoms with Gasteiger partial charge in [0.25, 0.3) is 5.56 Å². The smallest absolute Gasteiger partial charge is 0.390 e. The molecule has 0 bridgehead atoms. The number of aromatic amines is 1. The molecular weight excluding hydrogens is 392 g/mol. The normalized spacial score (nSPS) is 12.6. The Kier molecular flexibility index (Phi) is 6.78. The minimum absolute atomic E-state index is 0.0876. The number of benzene rings is 1. The van der Waals surface area contributed by atoms with Gasteiger partial charge < -0.3 is 10.1 Å². The van der Waals surface area contributed by atoms with E-state index in [1.54, 1.807) is 13.8 Å². The summed E-state index contributed by atoms with van der Waals surface area (Å²) in [7, 11) is 0. The van der Waals surface area contributed by atoms with Crippen LogP contribution in [0.3, 0.4) is 0 Å². The molecule has 10 heteroatoms. The average molecular weight is 414 g/mol. The Balaban J connectivity index is 0.00000145. The molecule has 0 aliphatic heterocycles. The molecule has 29 heavy (non-hydrogen) atoms. The maximum atomic E-state index is 14.0. The number of nitrogens with one attached hydrogen (secondary N) is 1. The summed E-state index contributed by atoms with van der Waals surface area (Å²) in [6.07, 6.45) is -4.45. The summed E-state index contributed by atoms with van der Waals surface area (Å²) in [5.74, 6) is -1.08. The number of alkyl halides is 3. The van der Waals surface area contributed by atoms with Gasteiger partial charge in [-0.2, -0.15) is 18.3 Å². The minimum Gasteiger partial charge on any atom is -0.390 e. The zero-order chi connectivity index (χ0) is 21.9. The molecule has 2 heterocycles. The van der Waals surface area contributed by atoms with Crippen LogP contribution in [0.25, 0.3) is 11.0 Å². The molecule has 0 spiro atoms. The quantitative estimate of drug-likeness (QED) is 0.630. The Bertz CT molecular complexity index is 1060. The third-order valence-corrected chi connectivity index (χ3v) is 4.27. The molecule has 0 aliphatic rings. The molecule has 6 nitrogen and oxygen atoms in total. The molecule has 2 aromatic heterocycles. The number of rotatable bonds is 4. The van der Waals surface area contributed by atoms with E-state index in [1.165, 1.54) is 10.7 Å². The van der Waals surface area contributed by atoms with Crippen LogP contribution >= 0.6 is 0 Å². The van der Waals surface area contributed by atoms with E-state index in [2.05, 4.69) is 15.1 Å². The third kappa shape index (κ3) is 4.31. The van der Waals surface area contributed by atoms with Crippen molar-refractivity contribution >= 4 is 11.0 Å². The van der Waals surface area contributed by atoms with Crippen LogP contribution in [-0.2, 0) is 12.8 Å². The lowest BCUT2D eigenvalue weighted by Crippen LogP contribution is -2.16. The summed E-state index contributed by atoms with van der Waals surface area (Å²) in [6.45, 7) is 6.79. The van der Waals surface area contributed by atoms with Crippen LogP contribution in [-0.4, -0.2) is 24.9 Å². The largest absolute Gasteiger partial charge is 0.419 e. The molecule has 2 N–H and O–H groups in total. The number of aromatic nitrogens is 4. The number of aliphatic hydroxyl groups is 1. The highest BCUT2D eigenvalue weighted by Crippen LogP contribution is 2.34. The Labute approximate surface area is 164 Å². The van der Waals surface area contributed by atoms with Crippen molar-refractivity contribution in [3.8, 4) is 0 Å². The van der Waals surface area contributed by atoms with Gasteiger partial charge >= 0.3 is 6.18 Å². The molecular formula is C19H22F4N4O2. The van der Waals surface area contributed by atoms with E-state index >= 15 is 0 Å². The van der Waals surface area contributed by atoms with Gasteiger partial charge in [-0.1, -0.05) is 26.8 Å². The van der Waals surface area contributed by atoms with Gasteiger partial charge in [0.05, 0.1) is 18.2 Å². The summed E-state index contributed by atoms with van der Waals surface area (Å²) in [5.41, 5.74) is -1.33. The molecule has 1 unspecified atom stereocenters. The van der Waals surface area contributed by atoms with Crippen molar-refractivity contribution in [3.05, 3.63) is 57.0 Å². The Morgan fingerprint density at radius 1 is 1.28 bits per heavy atom. The van der Waals surface area contributed by atoms with E-state index in [9.17, 15) is 27.5 Å². The second-order valence-electron chi connectivity index (χ2n) is 6.06. The third-order valence-electron chi connectivity index (χ3n) is 4.27. The number of nitrogens with zero attached hydrogens (tertiary/aromatic N) is 3. The Hall–Kier alpha value is -2.75. The van der Waals surface area contributed by atoms with Crippen LogP contribution in [0.1, 0.15) is 55.9 Å². The standard InChI is InChI=1S/C17H16F4N4O2.C2H6/c1-3-13(9-4-5-10(11(18)6-9)17(19,20)21)25-15-14(12(7-26)24-25)16(27)23-8(2)22-15;1-2/h4-6,13,26H,3,7H2,1-2H3,(H,22,23,27);1-2H3. The van der Waals surface area contributed by atoms with Crippen LogP contribution in [0.15, 0.2) is 23.0 Å². The summed E-state index contributed by atoms with van der Waals surface area (Å²) in [4.78, 5) is 19.0. The van der Waals surface area contributed by atoms with Crippen molar-refractivity contribution in [3.63, 3.8) is 0 Å². The predicted octanol–water partition coefficient (Wildman–Crippen LogP) is 4.10. The number of aliphatic hydroxyl groups excluding tert-OH is 1. The number of halogens is 4. The number of hydrogen-bond donors (Lipinski definition) is 2. The topological polar surface area (TPSA) is 83.8 Å². The van der Waals surface area contributed by atoms with Gasteiger partial charge in [-0.25, -0.2) is 14.1 Å². The SMILES string of the molecule is CC.CCC(c1ccc(C(F)(F)F)c(F)c1)n1nc(CO)c2c(=O)[nH]c(C)nc21. The van der Waals surface area contributed by atoms with E-state index in [1.807, 2.05) is 13.8 Å². The second kappa shape index (κ2) is 8.73. The van der Waals surface area contributed by atoms with Crippen LogP contribution in [0.2, 0.25) is 0 Å². The van der Waals surface area contributed by atoms with Gasteiger partial charge in [0, 0.05) is 0 Å². The van der Waals surface area contributed by atoms with Crippen LogP contribution in [0.4, 0.5) is 17.6 Å². The molecule has 158 valence electrons. The summed E-state index contributed by atoms with van der Waals surface area (Å²) in [6, 6.07) is 1.99. The van der Waals surface area contributed by atoms with Gasteiger partial charge in [0.1, 0.15) is 22.7 Å². The number of aryl methyl sites for hydroxylation is 1. The molecule has 3 rings (SSSR count). The van der Waals surface area contributed by atoms with E-state index in [4.69, 9.17) is 0 Å². The fourth-order valence-corrected chi connectivity index (χ4v) is 3.07. The first kappa shape index (κ1) is 22.5. The minimum atomic E-state index is -4.79. The molecule has 0 saturated heterocycles. The van der Waals surface area contributed by atoms with Crippen molar-refractivity contribution in [1.29, 1.82) is 0 Å². The summed E-state index contributed by atoms with van der Waals surface area (Å²) >= 11 is 0. The zero-order valence-electron chi connectivity index (χ0n) is 16.4. The molecule has 0 radical (unpaired) electrons. The molecule has 3 aromatic rings. The fraction of sp³-hybridized carbons (Fsp3) is 0.421. The maximum absolute atomic E-state index is 14.0.